The van der Waals surface area contributed by atoms with Gasteiger partial charge in [-0.15, -0.1) is 0 Å². The van der Waals surface area contributed by atoms with Crippen LogP contribution in [0.15, 0.2) is 41.0 Å². The third-order valence-corrected chi connectivity index (χ3v) is 6.18. The lowest BCUT2D eigenvalue weighted by Crippen LogP contribution is -2.03. The molecule has 0 aliphatic heterocycles. The Balaban J connectivity index is 1.64. The first-order valence-electron chi connectivity index (χ1n) is 9.81. The minimum atomic E-state index is -0.840. The highest BCUT2D eigenvalue weighted by molar-refractivity contribution is 9.10. The Bertz CT molecular complexity index is 995. The maximum atomic E-state index is 11.0. The van der Waals surface area contributed by atoms with Crippen LogP contribution in [0.25, 0.3) is 10.9 Å². The second-order valence-electron chi connectivity index (χ2n) is 7.68. The standard InChI is InChI=1S/C23H24BrNO3/c1-14-9-15(11-22(26)27)10-20(24)23(14)28-17-7-8-21-18(12-17)19(13-25-21)16-5-3-2-4-6-16/h7-10,12-13,16,25H,2-6,11H2,1H3,(H,26,27). The molecule has 5 heteroatoms. The smallest absolute Gasteiger partial charge is 0.307 e. The van der Waals surface area contributed by atoms with Crippen molar-refractivity contribution in [3.8, 4) is 11.5 Å². The minimum absolute atomic E-state index is 0.000221. The Kier molecular flexibility index (Phi) is 5.44. The number of carboxylic acids is 1. The van der Waals surface area contributed by atoms with E-state index in [4.69, 9.17) is 9.84 Å². The predicted molar refractivity (Wildman–Crippen MR) is 114 cm³/mol. The van der Waals surface area contributed by atoms with Crippen LogP contribution >= 0.6 is 15.9 Å². The number of carbonyl (C=O) groups is 1. The van der Waals surface area contributed by atoms with Gasteiger partial charge >= 0.3 is 5.97 Å². The molecule has 146 valence electrons. The fourth-order valence-electron chi connectivity index (χ4n) is 4.26. The average molecular weight is 442 g/mol. The number of H-pyrrole nitrogens is 1. The summed E-state index contributed by atoms with van der Waals surface area (Å²) in [5.41, 5.74) is 4.20. The highest BCUT2D eigenvalue weighted by atomic mass is 79.9. The maximum Gasteiger partial charge on any atom is 0.307 e. The molecule has 4 rings (SSSR count). The van der Waals surface area contributed by atoms with Gasteiger partial charge in [0.15, 0.2) is 0 Å². The minimum Gasteiger partial charge on any atom is -0.481 e. The van der Waals surface area contributed by atoms with E-state index in [1.54, 1.807) is 0 Å². The van der Waals surface area contributed by atoms with E-state index < -0.39 is 5.97 Å². The number of carboxylic acid groups (broad SMARTS) is 1. The molecule has 1 heterocycles. The summed E-state index contributed by atoms with van der Waals surface area (Å²) in [7, 11) is 0. The molecule has 0 amide bonds. The summed E-state index contributed by atoms with van der Waals surface area (Å²) >= 11 is 3.54. The number of aryl methyl sites for hydroxylation is 1. The van der Waals surface area contributed by atoms with E-state index in [2.05, 4.69) is 39.2 Å². The largest absolute Gasteiger partial charge is 0.481 e. The third-order valence-electron chi connectivity index (χ3n) is 5.59. The zero-order chi connectivity index (χ0) is 19.7. The van der Waals surface area contributed by atoms with Gasteiger partial charge in [0.2, 0.25) is 0 Å². The van der Waals surface area contributed by atoms with Crippen LogP contribution in [-0.2, 0) is 11.2 Å². The highest BCUT2D eigenvalue weighted by Crippen LogP contribution is 2.39. The van der Waals surface area contributed by atoms with Crippen LogP contribution in [0.3, 0.4) is 0 Å². The molecule has 4 nitrogen and oxygen atoms in total. The molecule has 2 aromatic carbocycles. The second-order valence-corrected chi connectivity index (χ2v) is 8.54. The van der Waals surface area contributed by atoms with Gasteiger partial charge in [-0.1, -0.05) is 25.3 Å². The molecule has 0 saturated heterocycles. The van der Waals surface area contributed by atoms with Gasteiger partial charge in [-0.3, -0.25) is 4.79 Å². The number of hydrogen-bond acceptors (Lipinski definition) is 2. The summed E-state index contributed by atoms with van der Waals surface area (Å²) in [6.45, 7) is 1.94. The number of aromatic amines is 1. The summed E-state index contributed by atoms with van der Waals surface area (Å²) in [5, 5.41) is 10.3. The van der Waals surface area contributed by atoms with Crippen molar-refractivity contribution in [1.29, 1.82) is 0 Å². The zero-order valence-electron chi connectivity index (χ0n) is 15.9. The highest BCUT2D eigenvalue weighted by Gasteiger charge is 2.19. The predicted octanol–water partition coefficient (Wildman–Crippen LogP) is 6.71. The third kappa shape index (κ3) is 3.95. The fourth-order valence-corrected chi connectivity index (χ4v) is 4.95. The number of fused-ring (bicyclic) bond motifs is 1. The van der Waals surface area contributed by atoms with Crippen molar-refractivity contribution in [2.24, 2.45) is 0 Å². The van der Waals surface area contributed by atoms with E-state index in [9.17, 15) is 4.79 Å². The topological polar surface area (TPSA) is 62.3 Å². The molecule has 1 saturated carbocycles. The Morgan fingerprint density at radius 2 is 2.00 bits per heavy atom. The van der Waals surface area contributed by atoms with Crippen molar-refractivity contribution >= 4 is 32.8 Å². The van der Waals surface area contributed by atoms with Crippen LogP contribution in [0.2, 0.25) is 0 Å². The Morgan fingerprint density at radius 1 is 1.21 bits per heavy atom. The van der Waals surface area contributed by atoms with Gasteiger partial charge in [-0.2, -0.15) is 0 Å². The maximum absolute atomic E-state index is 11.0. The van der Waals surface area contributed by atoms with Gasteiger partial charge in [0, 0.05) is 17.1 Å². The van der Waals surface area contributed by atoms with E-state index in [-0.39, 0.29) is 6.42 Å². The molecule has 3 aromatic rings. The van der Waals surface area contributed by atoms with E-state index in [1.807, 2.05) is 25.1 Å². The number of aliphatic carboxylic acids is 1. The van der Waals surface area contributed by atoms with Gasteiger partial charge in [-0.05, 0) is 82.6 Å². The number of nitrogens with one attached hydrogen (secondary N) is 1. The van der Waals surface area contributed by atoms with Crippen LogP contribution in [0.5, 0.6) is 11.5 Å². The summed E-state index contributed by atoms with van der Waals surface area (Å²) in [5.74, 6) is 1.30. The Morgan fingerprint density at radius 3 is 2.71 bits per heavy atom. The van der Waals surface area contributed by atoms with Crippen LogP contribution in [0.4, 0.5) is 0 Å². The first-order chi connectivity index (χ1) is 13.5. The molecule has 0 spiro atoms. The first kappa shape index (κ1) is 19.1. The number of rotatable bonds is 5. The van der Waals surface area contributed by atoms with Gasteiger partial charge in [-0.25, -0.2) is 0 Å². The Hall–Kier alpha value is -2.27. The number of benzene rings is 2. The van der Waals surface area contributed by atoms with Gasteiger partial charge < -0.3 is 14.8 Å². The number of ether oxygens (including phenoxy) is 1. The molecule has 2 N–H and O–H groups in total. The van der Waals surface area contributed by atoms with E-state index in [0.29, 0.717) is 5.92 Å². The molecule has 0 atom stereocenters. The molecule has 1 aromatic heterocycles. The van der Waals surface area contributed by atoms with Gasteiger partial charge in [0.05, 0.1) is 10.9 Å². The van der Waals surface area contributed by atoms with Crippen LogP contribution in [0, 0.1) is 6.92 Å². The lowest BCUT2D eigenvalue weighted by atomic mass is 9.84. The van der Waals surface area contributed by atoms with Crippen molar-refractivity contribution < 1.29 is 14.6 Å². The second kappa shape index (κ2) is 8.00. The quantitative estimate of drug-likeness (QED) is 0.462. The fraction of sp³-hybridized carbons (Fsp3) is 0.348. The van der Waals surface area contributed by atoms with Crippen molar-refractivity contribution in [1.82, 2.24) is 4.98 Å². The SMILES string of the molecule is Cc1cc(CC(=O)O)cc(Br)c1Oc1ccc2[nH]cc(C3CCCCC3)c2c1. The summed E-state index contributed by atoms with van der Waals surface area (Å²) in [6, 6.07) is 9.85. The summed E-state index contributed by atoms with van der Waals surface area (Å²) < 4.78 is 6.98. The van der Waals surface area contributed by atoms with Crippen molar-refractivity contribution in [2.75, 3.05) is 0 Å². The molecule has 0 unspecified atom stereocenters. The van der Waals surface area contributed by atoms with E-state index in [1.165, 1.54) is 43.1 Å². The lowest BCUT2D eigenvalue weighted by molar-refractivity contribution is -0.136. The van der Waals surface area contributed by atoms with Crippen molar-refractivity contribution in [2.45, 2.75) is 51.4 Å². The van der Waals surface area contributed by atoms with Crippen LogP contribution in [0.1, 0.15) is 54.7 Å². The molecule has 1 aliphatic carbocycles. The lowest BCUT2D eigenvalue weighted by Gasteiger charge is -2.21. The molecular weight excluding hydrogens is 418 g/mol. The Labute approximate surface area is 173 Å². The first-order valence-corrected chi connectivity index (χ1v) is 10.6. The molecule has 1 aliphatic rings. The number of halogens is 1. The van der Waals surface area contributed by atoms with Crippen molar-refractivity contribution in [3.05, 3.63) is 57.7 Å². The number of hydrogen-bond donors (Lipinski definition) is 2. The molecule has 1 fully saturated rings. The van der Waals surface area contributed by atoms with Gasteiger partial charge in [0.1, 0.15) is 11.5 Å². The van der Waals surface area contributed by atoms with E-state index in [0.717, 1.165) is 32.6 Å². The van der Waals surface area contributed by atoms with Crippen LogP contribution in [-0.4, -0.2) is 16.1 Å². The zero-order valence-corrected chi connectivity index (χ0v) is 17.5. The normalized spacial score (nSPS) is 15.1. The van der Waals surface area contributed by atoms with E-state index >= 15 is 0 Å². The average Bonchev–Trinajstić information content (AvgIpc) is 3.08. The molecule has 28 heavy (non-hydrogen) atoms. The summed E-state index contributed by atoms with van der Waals surface area (Å²) in [4.78, 5) is 14.4. The number of aromatic nitrogens is 1. The monoisotopic (exact) mass is 441 g/mol. The molecular formula is C23H24BrNO3. The van der Waals surface area contributed by atoms with Gasteiger partial charge in [0.25, 0.3) is 0 Å². The van der Waals surface area contributed by atoms with Crippen molar-refractivity contribution in [3.63, 3.8) is 0 Å². The molecule has 0 radical (unpaired) electrons. The van der Waals surface area contributed by atoms with Crippen LogP contribution < -0.4 is 4.74 Å². The summed E-state index contributed by atoms with van der Waals surface area (Å²) in [6.07, 6.45) is 8.64. The molecule has 0 bridgehead atoms.